The lowest BCUT2D eigenvalue weighted by Crippen LogP contribution is -2.19. The molecule has 110 valence electrons. The third-order valence-corrected chi connectivity index (χ3v) is 5.65. The van der Waals surface area contributed by atoms with Crippen molar-refractivity contribution in [3.05, 3.63) is 58.1 Å². The molecule has 2 aromatic carbocycles. The van der Waals surface area contributed by atoms with E-state index in [1.165, 1.54) is 0 Å². The zero-order valence-corrected chi connectivity index (χ0v) is 13.6. The van der Waals surface area contributed by atoms with E-state index in [-0.39, 0.29) is 11.2 Å². The van der Waals surface area contributed by atoms with E-state index >= 15 is 0 Å². The number of rotatable bonds is 1. The quantitative estimate of drug-likeness (QED) is 0.604. The Morgan fingerprint density at radius 3 is 2.77 bits per heavy atom. The molecule has 1 aliphatic rings. The van der Waals surface area contributed by atoms with Gasteiger partial charge in [0.15, 0.2) is 5.16 Å². The van der Waals surface area contributed by atoms with Crippen molar-refractivity contribution in [3.63, 3.8) is 0 Å². The molecule has 0 bridgehead atoms. The van der Waals surface area contributed by atoms with Gasteiger partial charge in [0.05, 0.1) is 21.1 Å². The molecule has 1 atom stereocenters. The first kappa shape index (κ1) is 14.1. The summed E-state index contributed by atoms with van der Waals surface area (Å²) in [4.78, 5) is 17.1. The van der Waals surface area contributed by atoms with Gasteiger partial charge in [-0.3, -0.25) is 9.36 Å². The Labute approximate surface area is 141 Å². The number of carbonyl (C=O) groups excluding carboxylic acids is 1. The molecule has 0 saturated carbocycles. The molecule has 2 heterocycles. The van der Waals surface area contributed by atoms with Gasteiger partial charge in [-0.25, -0.2) is 4.98 Å². The minimum absolute atomic E-state index is 0.00609. The standard InChI is InChI=1S/C16H10Cl2N2OS/c17-10-6-5-9(7-11(10)18)14-8-15(21)20-13-4-2-1-3-12(13)19-16(20)22-14/h1-7,14H,8H2/t14-/m0/s1. The zero-order valence-electron chi connectivity index (χ0n) is 11.3. The number of fused-ring (bicyclic) bond motifs is 3. The summed E-state index contributed by atoms with van der Waals surface area (Å²) in [5.41, 5.74) is 2.70. The SMILES string of the molecule is O=C1C[C@@H](c2ccc(Cl)c(Cl)c2)Sc2nc3ccccc3n21. The summed E-state index contributed by atoms with van der Waals surface area (Å²) in [6.07, 6.45) is 0.413. The van der Waals surface area contributed by atoms with Crippen molar-refractivity contribution >= 4 is 51.9 Å². The number of carbonyl (C=O) groups is 1. The van der Waals surface area contributed by atoms with Crippen LogP contribution in [0.3, 0.4) is 0 Å². The van der Waals surface area contributed by atoms with Crippen LogP contribution in [0.2, 0.25) is 10.0 Å². The Kier molecular flexibility index (Phi) is 3.40. The number of benzene rings is 2. The van der Waals surface area contributed by atoms with Crippen LogP contribution in [0.1, 0.15) is 22.0 Å². The predicted octanol–water partition coefficient (Wildman–Crippen LogP) is 5.22. The Balaban J connectivity index is 1.78. The van der Waals surface area contributed by atoms with Gasteiger partial charge in [-0.05, 0) is 29.8 Å². The first-order valence-electron chi connectivity index (χ1n) is 6.76. The fourth-order valence-corrected chi connectivity index (χ4v) is 4.17. The Bertz CT molecular complexity index is 906. The molecule has 3 nitrogen and oxygen atoms in total. The van der Waals surface area contributed by atoms with Crippen LogP contribution in [0.4, 0.5) is 0 Å². The summed E-state index contributed by atoms with van der Waals surface area (Å²) in [7, 11) is 0. The molecule has 0 fully saturated rings. The van der Waals surface area contributed by atoms with Crippen LogP contribution in [0.25, 0.3) is 11.0 Å². The van der Waals surface area contributed by atoms with E-state index in [0.29, 0.717) is 16.5 Å². The normalized spacial score (nSPS) is 17.7. The van der Waals surface area contributed by atoms with Gasteiger partial charge in [-0.2, -0.15) is 0 Å². The highest BCUT2D eigenvalue weighted by Gasteiger charge is 2.29. The van der Waals surface area contributed by atoms with Crippen LogP contribution >= 0.6 is 35.0 Å². The van der Waals surface area contributed by atoms with Crippen molar-refractivity contribution in [3.8, 4) is 0 Å². The van der Waals surface area contributed by atoms with Gasteiger partial charge in [0.25, 0.3) is 0 Å². The van der Waals surface area contributed by atoms with Crippen molar-refractivity contribution in [2.24, 2.45) is 0 Å². The summed E-state index contributed by atoms with van der Waals surface area (Å²) < 4.78 is 1.70. The van der Waals surface area contributed by atoms with Gasteiger partial charge in [0.2, 0.25) is 5.91 Å². The number of nitrogens with zero attached hydrogens (tertiary/aromatic N) is 2. The van der Waals surface area contributed by atoms with Gasteiger partial charge < -0.3 is 0 Å². The fraction of sp³-hybridized carbons (Fsp3) is 0.125. The minimum atomic E-state index is 0.00609. The summed E-state index contributed by atoms with van der Waals surface area (Å²) in [6.45, 7) is 0. The maximum atomic E-state index is 12.5. The van der Waals surface area contributed by atoms with Gasteiger partial charge in [-0.1, -0.05) is 53.2 Å². The second-order valence-corrected chi connectivity index (χ2v) is 7.08. The maximum Gasteiger partial charge on any atom is 0.234 e. The average Bonchev–Trinajstić information content (AvgIpc) is 2.88. The van der Waals surface area contributed by atoms with Crippen molar-refractivity contribution in [1.82, 2.24) is 9.55 Å². The number of halogens is 2. The van der Waals surface area contributed by atoms with Gasteiger partial charge in [0, 0.05) is 11.7 Å². The van der Waals surface area contributed by atoms with Crippen LogP contribution < -0.4 is 0 Å². The van der Waals surface area contributed by atoms with Crippen LogP contribution in [-0.2, 0) is 0 Å². The van der Waals surface area contributed by atoms with Crippen molar-refractivity contribution in [2.45, 2.75) is 16.8 Å². The molecule has 3 aromatic rings. The van der Waals surface area contributed by atoms with E-state index < -0.39 is 0 Å². The molecule has 0 spiro atoms. The predicted molar refractivity (Wildman–Crippen MR) is 90.0 cm³/mol. The van der Waals surface area contributed by atoms with Crippen molar-refractivity contribution in [1.29, 1.82) is 0 Å². The molecule has 0 radical (unpaired) electrons. The summed E-state index contributed by atoms with van der Waals surface area (Å²) in [6, 6.07) is 13.2. The topological polar surface area (TPSA) is 34.9 Å². The van der Waals surface area contributed by atoms with E-state index in [4.69, 9.17) is 23.2 Å². The number of imidazole rings is 1. The zero-order chi connectivity index (χ0) is 15.3. The van der Waals surface area contributed by atoms with Gasteiger partial charge in [0.1, 0.15) is 0 Å². The molecule has 1 aromatic heterocycles. The Hall–Kier alpha value is -1.49. The van der Waals surface area contributed by atoms with E-state index in [1.54, 1.807) is 22.4 Å². The molecule has 0 aliphatic carbocycles. The van der Waals surface area contributed by atoms with Crippen LogP contribution in [0.5, 0.6) is 0 Å². The highest BCUT2D eigenvalue weighted by atomic mass is 35.5. The molecule has 0 saturated heterocycles. The lowest BCUT2D eigenvalue weighted by Gasteiger charge is -2.22. The van der Waals surface area contributed by atoms with E-state index in [0.717, 1.165) is 21.8 Å². The van der Waals surface area contributed by atoms with E-state index in [1.807, 2.05) is 36.4 Å². The molecular formula is C16H10Cl2N2OS. The van der Waals surface area contributed by atoms with Gasteiger partial charge in [-0.15, -0.1) is 0 Å². The number of thioether (sulfide) groups is 1. The number of aromatic nitrogens is 2. The van der Waals surface area contributed by atoms with Gasteiger partial charge >= 0.3 is 0 Å². The molecule has 4 rings (SSSR count). The lowest BCUT2D eigenvalue weighted by molar-refractivity contribution is 0.0891. The number of para-hydroxylation sites is 2. The Morgan fingerprint density at radius 2 is 1.95 bits per heavy atom. The summed E-state index contributed by atoms with van der Waals surface area (Å²) in [5, 5.41) is 1.76. The number of hydrogen-bond acceptors (Lipinski definition) is 3. The molecule has 0 unspecified atom stereocenters. The third-order valence-electron chi connectivity index (χ3n) is 3.70. The van der Waals surface area contributed by atoms with Crippen LogP contribution in [0, 0.1) is 0 Å². The monoisotopic (exact) mass is 348 g/mol. The van der Waals surface area contributed by atoms with Crippen LogP contribution in [-0.4, -0.2) is 15.5 Å². The largest absolute Gasteiger partial charge is 0.274 e. The second kappa shape index (κ2) is 5.30. The van der Waals surface area contributed by atoms with Crippen molar-refractivity contribution < 1.29 is 4.79 Å². The Morgan fingerprint density at radius 1 is 1.14 bits per heavy atom. The third kappa shape index (κ3) is 2.22. The lowest BCUT2D eigenvalue weighted by atomic mass is 10.1. The molecule has 22 heavy (non-hydrogen) atoms. The second-order valence-electron chi connectivity index (χ2n) is 5.10. The first-order chi connectivity index (χ1) is 10.6. The van der Waals surface area contributed by atoms with E-state index in [9.17, 15) is 4.79 Å². The average molecular weight is 349 g/mol. The highest BCUT2D eigenvalue weighted by Crippen LogP contribution is 2.43. The van der Waals surface area contributed by atoms with E-state index in [2.05, 4.69) is 4.98 Å². The molecule has 0 amide bonds. The van der Waals surface area contributed by atoms with Crippen molar-refractivity contribution in [2.75, 3.05) is 0 Å². The fourth-order valence-electron chi connectivity index (χ4n) is 2.64. The molecule has 1 aliphatic heterocycles. The smallest absolute Gasteiger partial charge is 0.234 e. The van der Waals surface area contributed by atoms with Crippen LogP contribution in [0.15, 0.2) is 47.6 Å². The highest BCUT2D eigenvalue weighted by molar-refractivity contribution is 7.99. The maximum absolute atomic E-state index is 12.5. The number of hydrogen-bond donors (Lipinski definition) is 0. The minimum Gasteiger partial charge on any atom is -0.274 e. The molecular weight excluding hydrogens is 339 g/mol. The summed E-state index contributed by atoms with van der Waals surface area (Å²) in [5.74, 6) is 0.0542. The molecule has 0 N–H and O–H groups in total. The summed E-state index contributed by atoms with van der Waals surface area (Å²) >= 11 is 13.6. The first-order valence-corrected chi connectivity index (χ1v) is 8.39. The molecule has 6 heteroatoms.